The Kier molecular flexibility index (Phi) is 6.32. The topological polar surface area (TPSA) is 45.7 Å². The van der Waals surface area contributed by atoms with Crippen molar-refractivity contribution < 1.29 is 13.9 Å². The van der Waals surface area contributed by atoms with Gasteiger partial charge in [-0.3, -0.25) is 14.6 Å². The molecule has 0 aliphatic carbocycles. The van der Waals surface area contributed by atoms with Crippen molar-refractivity contribution in [1.29, 1.82) is 0 Å². The number of hydrogen-bond acceptors (Lipinski definition) is 5. The van der Waals surface area contributed by atoms with Crippen LogP contribution in [0.2, 0.25) is 10.0 Å². The van der Waals surface area contributed by atoms with Gasteiger partial charge in [0.15, 0.2) is 5.13 Å². The van der Waals surface area contributed by atoms with Crippen molar-refractivity contribution >= 4 is 55.8 Å². The fourth-order valence-electron chi connectivity index (χ4n) is 3.16. The third kappa shape index (κ3) is 4.70. The van der Waals surface area contributed by atoms with Gasteiger partial charge in [0.2, 0.25) is 0 Å². The number of nitrogens with zero attached hydrogens (tertiary/aromatic N) is 3. The molecule has 1 amide bonds. The molecule has 1 saturated heterocycles. The van der Waals surface area contributed by atoms with E-state index in [2.05, 4.69) is 9.88 Å². The quantitative estimate of drug-likeness (QED) is 0.560. The van der Waals surface area contributed by atoms with E-state index < -0.39 is 0 Å². The molecule has 152 valence electrons. The van der Waals surface area contributed by atoms with Crippen LogP contribution in [0.4, 0.5) is 9.52 Å². The Morgan fingerprint density at radius 3 is 2.76 bits per heavy atom. The van der Waals surface area contributed by atoms with Crippen LogP contribution in [0.5, 0.6) is 0 Å². The fourth-order valence-corrected chi connectivity index (χ4v) is 4.66. The van der Waals surface area contributed by atoms with Crippen LogP contribution in [0.3, 0.4) is 0 Å². The lowest BCUT2D eigenvalue weighted by Crippen LogP contribution is -2.43. The largest absolute Gasteiger partial charge is 0.379 e. The number of benzene rings is 2. The average molecular weight is 454 g/mol. The molecule has 0 bridgehead atoms. The second kappa shape index (κ2) is 8.93. The summed E-state index contributed by atoms with van der Waals surface area (Å²) in [6.45, 7) is 4.09. The molecule has 0 saturated carbocycles. The average Bonchev–Trinajstić information content (AvgIpc) is 3.11. The van der Waals surface area contributed by atoms with Crippen molar-refractivity contribution in [2.24, 2.45) is 0 Å². The molecule has 1 fully saturated rings. The highest BCUT2D eigenvalue weighted by atomic mass is 35.5. The summed E-state index contributed by atoms with van der Waals surface area (Å²) in [6.07, 6.45) is 0. The van der Waals surface area contributed by atoms with Gasteiger partial charge in [0.25, 0.3) is 5.91 Å². The minimum absolute atomic E-state index is 0.264. The van der Waals surface area contributed by atoms with Crippen LogP contribution in [0, 0.1) is 5.82 Å². The van der Waals surface area contributed by atoms with E-state index in [0.29, 0.717) is 52.2 Å². The molecule has 5 nitrogen and oxygen atoms in total. The molecule has 0 spiro atoms. The number of ether oxygens (including phenoxy) is 1. The number of amides is 1. The van der Waals surface area contributed by atoms with Crippen LogP contribution in [0.1, 0.15) is 10.4 Å². The van der Waals surface area contributed by atoms with E-state index in [9.17, 15) is 9.18 Å². The van der Waals surface area contributed by atoms with Gasteiger partial charge in [0.05, 0.1) is 34.0 Å². The summed E-state index contributed by atoms with van der Waals surface area (Å²) in [7, 11) is 0. The fraction of sp³-hybridized carbons (Fsp3) is 0.300. The van der Waals surface area contributed by atoms with E-state index in [4.69, 9.17) is 27.9 Å². The summed E-state index contributed by atoms with van der Waals surface area (Å²) >= 11 is 13.5. The van der Waals surface area contributed by atoms with E-state index in [1.807, 2.05) is 0 Å². The Labute approximate surface area is 181 Å². The smallest absolute Gasteiger partial charge is 0.261 e. The van der Waals surface area contributed by atoms with Gasteiger partial charge in [-0.15, -0.1) is 0 Å². The first kappa shape index (κ1) is 20.5. The highest BCUT2D eigenvalue weighted by molar-refractivity contribution is 7.22. The lowest BCUT2D eigenvalue weighted by atomic mass is 10.2. The van der Waals surface area contributed by atoms with Gasteiger partial charge in [0.1, 0.15) is 5.82 Å². The van der Waals surface area contributed by atoms with E-state index in [1.54, 1.807) is 29.2 Å². The minimum atomic E-state index is -0.334. The Hall–Kier alpha value is -1.77. The van der Waals surface area contributed by atoms with Gasteiger partial charge >= 0.3 is 0 Å². The van der Waals surface area contributed by atoms with Crippen molar-refractivity contribution in [2.45, 2.75) is 0 Å². The first-order chi connectivity index (χ1) is 14.0. The first-order valence-corrected chi connectivity index (χ1v) is 10.7. The molecule has 3 aromatic rings. The summed E-state index contributed by atoms with van der Waals surface area (Å²) in [4.78, 5) is 21.7. The molecule has 2 aromatic carbocycles. The van der Waals surface area contributed by atoms with Gasteiger partial charge in [0, 0.05) is 31.2 Å². The lowest BCUT2D eigenvalue weighted by molar-refractivity contribution is 0.0391. The van der Waals surface area contributed by atoms with Crippen LogP contribution in [0.15, 0.2) is 36.4 Å². The third-order valence-corrected chi connectivity index (χ3v) is 6.31. The van der Waals surface area contributed by atoms with Crippen LogP contribution < -0.4 is 4.90 Å². The van der Waals surface area contributed by atoms with Crippen molar-refractivity contribution in [1.82, 2.24) is 9.88 Å². The summed E-state index contributed by atoms with van der Waals surface area (Å²) < 4.78 is 19.7. The number of rotatable bonds is 5. The third-order valence-electron chi connectivity index (χ3n) is 4.72. The number of aromatic nitrogens is 1. The molecule has 29 heavy (non-hydrogen) atoms. The SMILES string of the molecule is O=C(c1ccc(Cl)cc1Cl)N(CCN1CCOCC1)c1nc2ccc(F)cc2s1. The Morgan fingerprint density at radius 2 is 2.00 bits per heavy atom. The summed E-state index contributed by atoms with van der Waals surface area (Å²) in [5.74, 6) is -0.598. The second-order valence-corrected chi connectivity index (χ2v) is 8.50. The van der Waals surface area contributed by atoms with Crippen molar-refractivity contribution in [3.05, 3.63) is 57.8 Å². The second-order valence-electron chi connectivity index (χ2n) is 6.64. The van der Waals surface area contributed by atoms with Gasteiger partial charge in [-0.05, 0) is 36.4 Å². The predicted molar refractivity (Wildman–Crippen MR) is 115 cm³/mol. The number of halogens is 3. The van der Waals surface area contributed by atoms with E-state index >= 15 is 0 Å². The summed E-state index contributed by atoms with van der Waals surface area (Å²) in [6, 6.07) is 9.20. The van der Waals surface area contributed by atoms with E-state index in [1.165, 1.54) is 23.5 Å². The molecule has 0 radical (unpaired) electrons. The Morgan fingerprint density at radius 1 is 1.21 bits per heavy atom. The Balaban J connectivity index is 1.66. The molecule has 1 aliphatic rings. The van der Waals surface area contributed by atoms with Gasteiger partial charge < -0.3 is 4.74 Å². The van der Waals surface area contributed by atoms with Crippen molar-refractivity contribution in [3.63, 3.8) is 0 Å². The number of morpholine rings is 1. The monoisotopic (exact) mass is 453 g/mol. The molecule has 0 N–H and O–H groups in total. The first-order valence-electron chi connectivity index (χ1n) is 9.14. The zero-order chi connectivity index (χ0) is 20.4. The van der Waals surface area contributed by atoms with E-state index in [-0.39, 0.29) is 16.7 Å². The highest BCUT2D eigenvalue weighted by Crippen LogP contribution is 2.31. The van der Waals surface area contributed by atoms with Crippen LogP contribution in [-0.2, 0) is 4.74 Å². The molecular formula is C20H18Cl2FN3O2S. The molecule has 1 aliphatic heterocycles. The molecule has 1 aromatic heterocycles. The molecular weight excluding hydrogens is 436 g/mol. The molecule has 0 atom stereocenters. The van der Waals surface area contributed by atoms with Crippen molar-refractivity contribution in [3.8, 4) is 0 Å². The number of fused-ring (bicyclic) bond motifs is 1. The highest BCUT2D eigenvalue weighted by Gasteiger charge is 2.24. The summed E-state index contributed by atoms with van der Waals surface area (Å²) in [5.41, 5.74) is 1.00. The lowest BCUT2D eigenvalue weighted by Gasteiger charge is -2.29. The van der Waals surface area contributed by atoms with Gasteiger partial charge in [-0.25, -0.2) is 9.37 Å². The van der Waals surface area contributed by atoms with Gasteiger partial charge in [-0.1, -0.05) is 34.5 Å². The summed E-state index contributed by atoms with van der Waals surface area (Å²) in [5, 5.41) is 1.25. The maximum atomic E-state index is 13.6. The van der Waals surface area contributed by atoms with E-state index in [0.717, 1.165) is 13.1 Å². The normalized spacial score (nSPS) is 15.0. The molecule has 9 heteroatoms. The zero-order valence-corrected chi connectivity index (χ0v) is 17.7. The zero-order valence-electron chi connectivity index (χ0n) is 15.4. The standard InChI is InChI=1S/C20H18Cl2FN3O2S/c21-13-1-3-15(16(22)11-13)19(27)26(6-5-25-7-9-28-10-8-25)20-24-17-4-2-14(23)12-18(17)29-20/h1-4,11-12H,5-10H2. The molecule has 0 unspecified atom stereocenters. The number of hydrogen-bond donors (Lipinski definition) is 0. The van der Waals surface area contributed by atoms with Crippen LogP contribution in [-0.4, -0.2) is 55.2 Å². The minimum Gasteiger partial charge on any atom is -0.379 e. The maximum Gasteiger partial charge on any atom is 0.261 e. The number of carbonyl (C=O) groups excluding carboxylic acids is 1. The maximum absolute atomic E-state index is 13.6. The van der Waals surface area contributed by atoms with Crippen molar-refractivity contribution in [2.75, 3.05) is 44.3 Å². The molecule has 2 heterocycles. The predicted octanol–water partition coefficient (Wildman–Crippen LogP) is 4.72. The van der Waals surface area contributed by atoms with Crippen LogP contribution >= 0.6 is 34.5 Å². The molecule has 4 rings (SSSR count). The number of thiazole rings is 1. The van der Waals surface area contributed by atoms with Crippen LogP contribution in [0.25, 0.3) is 10.2 Å². The van der Waals surface area contributed by atoms with Gasteiger partial charge in [-0.2, -0.15) is 0 Å². The Bertz CT molecular complexity index is 1040. The number of anilines is 1. The number of carbonyl (C=O) groups is 1.